The summed E-state index contributed by atoms with van der Waals surface area (Å²) in [5.41, 5.74) is 0. The molecule has 0 saturated heterocycles. The molecule has 0 unspecified atom stereocenters. The van der Waals surface area contributed by atoms with Crippen molar-refractivity contribution in [1.82, 2.24) is 10.6 Å². The van der Waals surface area contributed by atoms with Crippen molar-refractivity contribution in [3.63, 3.8) is 0 Å². The summed E-state index contributed by atoms with van der Waals surface area (Å²) in [5, 5.41) is 6.11. The maximum absolute atomic E-state index is 5.45. The van der Waals surface area contributed by atoms with Crippen molar-refractivity contribution in [1.29, 1.82) is 0 Å². The van der Waals surface area contributed by atoms with Crippen LogP contribution in [0.5, 0.6) is 0 Å². The summed E-state index contributed by atoms with van der Waals surface area (Å²) >= 11 is 5.45. The van der Waals surface area contributed by atoms with Gasteiger partial charge in [-0.25, -0.2) is 0 Å². The maximum Gasteiger partial charge on any atom is 0.117 e. The number of halogens is 1. The minimum absolute atomic E-state index is 0.613. The van der Waals surface area contributed by atoms with Gasteiger partial charge in [-0.05, 0) is 0 Å². The first kappa shape index (κ1) is 6.63. The third-order valence-corrected chi connectivity index (χ3v) is 0.808. The average Bonchev–Trinajstić information content (AvgIpc) is 1.68. The molecule has 0 atom stereocenters. The minimum atomic E-state index is 0.613. The quantitative estimate of drug-likeness (QED) is 0.518. The molecule has 2 nitrogen and oxygen atoms in total. The van der Waals surface area contributed by atoms with E-state index in [1.807, 2.05) is 0 Å². The predicted molar refractivity (Wildman–Crippen MR) is 32.1 cm³/mol. The Morgan fingerprint density at radius 2 is 2.14 bits per heavy atom. The molecule has 7 heavy (non-hydrogen) atoms. The zero-order valence-corrected chi connectivity index (χ0v) is 5.21. The molecule has 0 fully saturated rings. The van der Waals surface area contributed by atoms with Crippen molar-refractivity contribution in [3.05, 3.63) is 11.4 Å². The molecular formula is C4H9ClN2. The number of nitrogens with one attached hydrogen (secondary N) is 2. The second kappa shape index (κ2) is 3.81. The van der Waals surface area contributed by atoms with E-state index in [0.29, 0.717) is 5.16 Å². The van der Waals surface area contributed by atoms with Gasteiger partial charge in [0.05, 0.1) is 0 Å². The monoisotopic (exact) mass is 120 g/mol. The van der Waals surface area contributed by atoms with Crippen LogP contribution in [0.15, 0.2) is 11.4 Å². The highest BCUT2D eigenvalue weighted by Gasteiger charge is 1.76. The molecule has 0 aliphatic carbocycles. The lowest BCUT2D eigenvalue weighted by Crippen LogP contribution is -2.04. The van der Waals surface area contributed by atoms with Crippen LogP contribution in [-0.4, -0.2) is 14.1 Å². The molecule has 0 saturated carbocycles. The van der Waals surface area contributed by atoms with Crippen molar-refractivity contribution in [3.8, 4) is 0 Å². The molecule has 0 aliphatic rings. The van der Waals surface area contributed by atoms with Crippen molar-refractivity contribution in [2.45, 2.75) is 0 Å². The molecule has 0 heterocycles. The lowest BCUT2D eigenvalue weighted by molar-refractivity contribution is 1.01. The number of hydrogen-bond donors (Lipinski definition) is 2. The van der Waals surface area contributed by atoms with Crippen LogP contribution in [0, 0.1) is 0 Å². The molecule has 0 bridgehead atoms. The lowest BCUT2D eigenvalue weighted by atomic mass is 10.8. The van der Waals surface area contributed by atoms with Gasteiger partial charge in [0.2, 0.25) is 0 Å². The van der Waals surface area contributed by atoms with Crippen LogP contribution in [-0.2, 0) is 0 Å². The molecule has 0 aromatic carbocycles. The van der Waals surface area contributed by atoms with Crippen LogP contribution in [0.1, 0.15) is 0 Å². The van der Waals surface area contributed by atoms with E-state index in [9.17, 15) is 0 Å². The molecular weight excluding hydrogens is 112 g/mol. The van der Waals surface area contributed by atoms with Gasteiger partial charge in [-0.3, -0.25) is 0 Å². The SMILES string of the molecule is CN/C=C(/Cl)NC. The normalized spacial score (nSPS) is 11.0. The molecule has 0 rings (SSSR count). The first-order valence-corrected chi connectivity index (χ1v) is 2.39. The molecule has 0 aromatic heterocycles. The van der Waals surface area contributed by atoms with Gasteiger partial charge in [-0.15, -0.1) is 0 Å². The van der Waals surface area contributed by atoms with E-state index in [2.05, 4.69) is 10.6 Å². The Hall–Kier alpha value is -0.370. The van der Waals surface area contributed by atoms with E-state index in [0.717, 1.165) is 0 Å². The van der Waals surface area contributed by atoms with E-state index in [-0.39, 0.29) is 0 Å². The topological polar surface area (TPSA) is 24.1 Å². The van der Waals surface area contributed by atoms with Crippen LogP contribution < -0.4 is 10.6 Å². The fourth-order valence-electron chi connectivity index (χ4n) is 0.199. The Labute approximate surface area is 48.5 Å². The van der Waals surface area contributed by atoms with Crippen molar-refractivity contribution in [2.24, 2.45) is 0 Å². The zero-order chi connectivity index (χ0) is 5.70. The molecule has 0 amide bonds. The molecule has 0 radical (unpaired) electrons. The largest absolute Gasteiger partial charge is 0.392 e. The molecule has 0 aliphatic heterocycles. The van der Waals surface area contributed by atoms with Crippen LogP contribution in [0.3, 0.4) is 0 Å². The average molecular weight is 121 g/mol. The Kier molecular flexibility index (Phi) is 3.61. The van der Waals surface area contributed by atoms with E-state index >= 15 is 0 Å². The second-order valence-electron chi connectivity index (χ2n) is 1.03. The molecule has 42 valence electrons. The first-order chi connectivity index (χ1) is 3.31. The lowest BCUT2D eigenvalue weighted by Gasteiger charge is -1.92. The van der Waals surface area contributed by atoms with E-state index in [1.54, 1.807) is 20.3 Å². The Morgan fingerprint density at radius 3 is 2.29 bits per heavy atom. The fourth-order valence-corrected chi connectivity index (χ4v) is 0.308. The smallest absolute Gasteiger partial charge is 0.117 e. The van der Waals surface area contributed by atoms with Crippen molar-refractivity contribution < 1.29 is 0 Å². The zero-order valence-electron chi connectivity index (χ0n) is 4.46. The first-order valence-electron chi connectivity index (χ1n) is 2.02. The van der Waals surface area contributed by atoms with Gasteiger partial charge >= 0.3 is 0 Å². The van der Waals surface area contributed by atoms with Gasteiger partial charge < -0.3 is 10.6 Å². The van der Waals surface area contributed by atoms with E-state index < -0.39 is 0 Å². The van der Waals surface area contributed by atoms with Crippen molar-refractivity contribution >= 4 is 11.6 Å². The summed E-state index contributed by atoms with van der Waals surface area (Å²) < 4.78 is 0. The van der Waals surface area contributed by atoms with Crippen LogP contribution in [0.25, 0.3) is 0 Å². The standard InChI is InChI=1S/C4H9ClN2/c1-6-3-4(5)7-2/h3,6-7H,1-2H3/b4-3-. The van der Waals surface area contributed by atoms with Gasteiger partial charge in [0.15, 0.2) is 0 Å². The van der Waals surface area contributed by atoms with E-state index in [1.165, 1.54) is 0 Å². The third kappa shape index (κ3) is 3.46. The Bertz CT molecular complexity index is 70.1. The third-order valence-electron chi connectivity index (χ3n) is 0.510. The summed E-state index contributed by atoms with van der Waals surface area (Å²) in [6.07, 6.45) is 1.67. The number of hydrogen-bond acceptors (Lipinski definition) is 2. The highest BCUT2D eigenvalue weighted by molar-refractivity contribution is 6.29. The molecule has 2 N–H and O–H groups in total. The highest BCUT2D eigenvalue weighted by atomic mass is 35.5. The van der Waals surface area contributed by atoms with Crippen LogP contribution in [0.4, 0.5) is 0 Å². The van der Waals surface area contributed by atoms with Crippen LogP contribution in [0.2, 0.25) is 0 Å². The predicted octanol–water partition coefficient (Wildman–Crippen LogP) is 0.463. The summed E-state index contributed by atoms with van der Waals surface area (Å²) in [6.45, 7) is 0. The van der Waals surface area contributed by atoms with E-state index in [4.69, 9.17) is 11.6 Å². The fraction of sp³-hybridized carbons (Fsp3) is 0.500. The minimum Gasteiger partial charge on any atom is -0.392 e. The highest BCUT2D eigenvalue weighted by Crippen LogP contribution is 1.88. The molecule has 3 heteroatoms. The summed E-state index contributed by atoms with van der Waals surface area (Å²) in [7, 11) is 3.55. The number of rotatable bonds is 2. The van der Waals surface area contributed by atoms with Gasteiger partial charge in [0.25, 0.3) is 0 Å². The molecule has 0 spiro atoms. The second-order valence-corrected chi connectivity index (χ2v) is 1.44. The Balaban J connectivity index is 3.29. The van der Waals surface area contributed by atoms with Gasteiger partial charge in [-0.2, -0.15) is 0 Å². The van der Waals surface area contributed by atoms with Crippen LogP contribution >= 0.6 is 11.6 Å². The summed E-state index contributed by atoms with van der Waals surface area (Å²) in [4.78, 5) is 0. The Morgan fingerprint density at radius 1 is 1.57 bits per heavy atom. The maximum atomic E-state index is 5.45. The van der Waals surface area contributed by atoms with Gasteiger partial charge in [-0.1, -0.05) is 11.6 Å². The van der Waals surface area contributed by atoms with Gasteiger partial charge in [0.1, 0.15) is 5.16 Å². The van der Waals surface area contributed by atoms with Crippen molar-refractivity contribution in [2.75, 3.05) is 14.1 Å². The summed E-state index contributed by atoms with van der Waals surface area (Å²) in [5.74, 6) is 0. The molecule has 0 aromatic rings. The van der Waals surface area contributed by atoms with Gasteiger partial charge in [0, 0.05) is 20.3 Å². The summed E-state index contributed by atoms with van der Waals surface area (Å²) in [6, 6.07) is 0.